The molecule has 1 unspecified atom stereocenters. The molecule has 1 aliphatic heterocycles. The third kappa shape index (κ3) is 3.64. The van der Waals surface area contributed by atoms with Crippen LogP contribution in [0.2, 0.25) is 0 Å². The van der Waals surface area contributed by atoms with Crippen LogP contribution in [0.25, 0.3) is 0 Å². The number of hydrogen-bond acceptors (Lipinski definition) is 3. The first-order chi connectivity index (χ1) is 8.67. The zero-order chi connectivity index (χ0) is 13.0. The van der Waals surface area contributed by atoms with Gasteiger partial charge < -0.3 is 10.0 Å². The lowest BCUT2D eigenvalue weighted by Crippen LogP contribution is -2.47. The molecule has 1 heterocycles. The fraction of sp³-hybridized carbons (Fsp3) is 1.00. The number of hydrogen-bond donors (Lipinski definition) is 1. The molecule has 0 spiro atoms. The van der Waals surface area contributed by atoms with E-state index in [0.717, 1.165) is 17.7 Å². The van der Waals surface area contributed by atoms with E-state index in [1.807, 2.05) is 0 Å². The Morgan fingerprint density at radius 1 is 1.33 bits per heavy atom. The van der Waals surface area contributed by atoms with E-state index < -0.39 is 0 Å². The predicted molar refractivity (Wildman–Crippen MR) is 80.1 cm³/mol. The molecule has 1 saturated carbocycles. The first-order valence-electron chi connectivity index (χ1n) is 7.62. The standard InChI is InChI=1S/C15H29NOS/c1-3-14-10-16(8-9-18-14)11-15(12-17)6-4-13(2)5-7-15/h13-14,17H,3-12H2,1-2H3. The van der Waals surface area contributed by atoms with Crippen molar-refractivity contribution in [3.05, 3.63) is 0 Å². The van der Waals surface area contributed by atoms with Crippen LogP contribution >= 0.6 is 11.8 Å². The van der Waals surface area contributed by atoms with Gasteiger partial charge >= 0.3 is 0 Å². The van der Waals surface area contributed by atoms with Crippen molar-refractivity contribution in [1.29, 1.82) is 0 Å². The van der Waals surface area contributed by atoms with Crippen molar-refractivity contribution in [3.63, 3.8) is 0 Å². The van der Waals surface area contributed by atoms with E-state index in [2.05, 4.69) is 30.5 Å². The Kier molecular flexibility index (Phi) is 5.40. The number of rotatable bonds is 4. The number of aliphatic hydroxyl groups excluding tert-OH is 1. The van der Waals surface area contributed by atoms with Crippen molar-refractivity contribution in [2.75, 3.05) is 32.0 Å². The van der Waals surface area contributed by atoms with Crippen LogP contribution < -0.4 is 0 Å². The van der Waals surface area contributed by atoms with Gasteiger partial charge in [-0.2, -0.15) is 11.8 Å². The monoisotopic (exact) mass is 271 g/mol. The average molecular weight is 271 g/mol. The summed E-state index contributed by atoms with van der Waals surface area (Å²) < 4.78 is 0. The predicted octanol–water partition coefficient (Wildman–Crippen LogP) is 3.00. The highest BCUT2D eigenvalue weighted by molar-refractivity contribution is 8.00. The lowest BCUT2D eigenvalue weighted by molar-refractivity contribution is 0.0302. The van der Waals surface area contributed by atoms with Crippen molar-refractivity contribution in [1.82, 2.24) is 4.90 Å². The maximum absolute atomic E-state index is 9.85. The SMILES string of the molecule is CCC1CN(CC2(CO)CCC(C)CC2)CCS1. The van der Waals surface area contributed by atoms with E-state index in [9.17, 15) is 5.11 Å². The minimum Gasteiger partial charge on any atom is -0.396 e. The quantitative estimate of drug-likeness (QED) is 0.850. The highest BCUT2D eigenvalue weighted by Crippen LogP contribution is 2.39. The summed E-state index contributed by atoms with van der Waals surface area (Å²) in [6, 6.07) is 0. The summed E-state index contributed by atoms with van der Waals surface area (Å²) in [5.41, 5.74) is 0.215. The normalized spacial score (nSPS) is 38.8. The molecule has 0 bridgehead atoms. The minimum absolute atomic E-state index is 0.215. The minimum atomic E-state index is 0.215. The molecule has 0 aromatic rings. The summed E-state index contributed by atoms with van der Waals surface area (Å²) in [5, 5.41) is 10.7. The van der Waals surface area contributed by atoms with Crippen LogP contribution in [0.4, 0.5) is 0 Å². The first kappa shape index (κ1) is 14.7. The van der Waals surface area contributed by atoms with Crippen LogP contribution in [0.3, 0.4) is 0 Å². The summed E-state index contributed by atoms with van der Waals surface area (Å²) in [4.78, 5) is 2.62. The van der Waals surface area contributed by atoms with Gasteiger partial charge in [-0.1, -0.05) is 26.7 Å². The van der Waals surface area contributed by atoms with Crippen molar-refractivity contribution < 1.29 is 5.11 Å². The Morgan fingerprint density at radius 2 is 2.06 bits per heavy atom. The number of nitrogens with zero attached hydrogens (tertiary/aromatic N) is 1. The molecule has 18 heavy (non-hydrogen) atoms. The smallest absolute Gasteiger partial charge is 0.0499 e. The second-order valence-electron chi connectivity index (χ2n) is 6.48. The maximum Gasteiger partial charge on any atom is 0.0499 e. The summed E-state index contributed by atoms with van der Waals surface area (Å²) in [6.45, 7) is 8.63. The van der Waals surface area contributed by atoms with Gasteiger partial charge in [0.05, 0.1) is 0 Å². The Hall–Kier alpha value is 0.270. The van der Waals surface area contributed by atoms with Crippen LogP contribution in [-0.4, -0.2) is 47.3 Å². The first-order valence-corrected chi connectivity index (χ1v) is 8.67. The van der Waals surface area contributed by atoms with Crippen LogP contribution in [0.5, 0.6) is 0 Å². The Balaban J connectivity index is 1.89. The van der Waals surface area contributed by atoms with Gasteiger partial charge in [-0.15, -0.1) is 0 Å². The largest absolute Gasteiger partial charge is 0.396 e. The third-order valence-corrected chi connectivity index (χ3v) is 6.28. The molecule has 0 radical (unpaired) electrons. The Bertz CT molecular complexity index is 251. The summed E-state index contributed by atoms with van der Waals surface area (Å²) in [5.74, 6) is 2.14. The summed E-state index contributed by atoms with van der Waals surface area (Å²) in [7, 11) is 0. The van der Waals surface area contributed by atoms with Gasteiger partial charge in [0.1, 0.15) is 0 Å². The molecule has 2 aliphatic rings. The molecule has 1 saturated heterocycles. The van der Waals surface area contributed by atoms with Crippen LogP contribution in [0.1, 0.15) is 46.0 Å². The van der Waals surface area contributed by atoms with Crippen molar-refractivity contribution in [3.8, 4) is 0 Å². The van der Waals surface area contributed by atoms with Gasteiger partial charge in [0.15, 0.2) is 0 Å². The molecule has 1 N–H and O–H groups in total. The molecule has 2 fully saturated rings. The van der Waals surface area contributed by atoms with Gasteiger partial charge in [0, 0.05) is 42.7 Å². The Morgan fingerprint density at radius 3 is 2.67 bits per heavy atom. The van der Waals surface area contributed by atoms with Gasteiger partial charge in [-0.05, 0) is 25.2 Å². The molecule has 0 aromatic carbocycles. The van der Waals surface area contributed by atoms with E-state index >= 15 is 0 Å². The molecule has 2 nitrogen and oxygen atoms in total. The zero-order valence-corrected chi connectivity index (χ0v) is 12.8. The van der Waals surface area contributed by atoms with Gasteiger partial charge in [-0.25, -0.2) is 0 Å². The van der Waals surface area contributed by atoms with Gasteiger partial charge in [0.25, 0.3) is 0 Å². The highest BCUT2D eigenvalue weighted by atomic mass is 32.2. The molecule has 0 aromatic heterocycles. The third-order valence-electron chi connectivity index (χ3n) is 4.91. The molecule has 3 heteroatoms. The maximum atomic E-state index is 9.85. The van der Waals surface area contributed by atoms with Crippen molar-refractivity contribution in [2.24, 2.45) is 11.3 Å². The number of aliphatic hydroxyl groups is 1. The van der Waals surface area contributed by atoms with Gasteiger partial charge in [0.2, 0.25) is 0 Å². The fourth-order valence-corrected chi connectivity index (χ4v) is 4.63. The molecule has 1 atom stereocenters. The number of thioether (sulfide) groups is 1. The van der Waals surface area contributed by atoms with Crippen LogP contribution in [0, 0.1) is 11.3 Å². The van der Waals surface area contributed by atoms with Crippen molar-refractivity contribution >= 4 is 11.8 Å². The van der Waals surface area contributed by atoms with Crippen LogP contribution in [0.15, 0.2) is 0 Å². The van der Waals surface area contributed by atoms with Crippen LogP contribution in [-0.2, 0) is 0 Å². The van der Waals surface area contributed by atoms with E-state index in [1.165, 1.54) is 50.9 Å². The van der Waals surface area contributed by atoms with E-state index in [1.54, 1.807) is 0 Å². The second-order valence-corrected chi connectivity index (χ2v) is 7.89. The highest BCUT2D eigenvalue weighted by Gasteiger charge is 2.36. The molecular formula is C15H29NOS. The average Bonchev–Trinajstić information content (AvgIpc) is 2.42. The molecule has 106 valence electrons. The van der Waals surface area contributed by atoms with E-state index in [4.69, 9.17) is 0 Å². The molecule has 2 rings (SSSR count). The summed E-state index contributed by atoms with van der Waals surface area (Å²) in [6.07, 6.45) is 6.35. The lowest BCUT2D eigenvalue weighted by atomic mass is 9.71. The van der Waals surface area contributed by atoms with Gasteiger partial charge in [-0.3, -0.25) is 0 Å². The molecular weight excluding hydrogens is 242 g/mol. The lowest BCUT2D eigenvalue weighted by Gasteiger charge is -2.43. The van der Waals surface area contributed by atoms with E-state index in [-0.39, 0.29) is 5.41 Å². The topological polar surface area (TPSA) is 23.5 Å². The fourth-order valence-electron chi connectivity index (χ4n) is 3.39. The van der Waals surface area contributed by atoms with Crippen molar-refractivity contribution in [2.45, 2.75) is 51.2 Å². The van der Waals surface area contributed by atoms with E-state index in [0.29, 0.717) is 6.61 Å². The molecule has 0 amide bonds. The Labute approximate surface area is 117 Å². The zero-order valence-electron chi connectivity index (χ0n) is 12.0. The second kappa shape index (κ2) is 6.62. The molecule has 1 aliphatic carbocycles. The summed E-state index contributed by atoms with van der Waals surface area (Å²) >= 11 is 2.13.